The van der Waals surface area contributed by atoms with Crippen molar-refractivity contribution in [1.29, 1.82) is 0 Å². The Morgan fingerprint density at radius 1 is 1.14 bits per heavy atom. The first-order valence-electron chi connectivity index (χ1n) is 6.76. The fraction of sp³-hybridized carbons (Fsp3) is 0.125. The summed E-state index contributed by atoms with van der Waals surface area (Å²) in [4.78, 5) is 25.4. The molecule has 3 aromatic rings. The second kappa shape index (κ2) is 4.63. The lowest BCUT2D eigenvalue weighted by Gasteiger charge is -2.03. The molecule has 2 aromatic heterocycles. The highest BCUT2D eigenvalue weighted by Gasteiger charge is 2.18. The van der Waals surface area contributed by atoms with Gasteiger partial charge in [-0.3, -0.25) is 14.3 Å². The summed E-state index contributed by atoms with van der Waals surface area (Å²) in [7, 11) is 0. The molecule has 0 unspecified atom stereocenters. The number of pyridine rings is 1. The van der Waals surface area contributed by atoms with Crippen molar-refractivity contribution in [3.05, 3.63) is 64.7 Å². The minimum absolute atomic E-state index is 0.0742. The number of nitrogens with zero attached hydrogens (tertiary/aromatic N) is 4. The van der Waals surface area contributed by atoms with Crippen LogP contribution in [-0.2, 0) is 13.0 Å². The first-order chi connectivity index (χ1) is 10.3. The van der Waals surface area contributed by atoms with Gasteiger partial charge in [0.15, 0.2) is 0 Å². The van der Waals surface area contributed by atoms with Crippen molar-refractivity contribution in [2.45, 2.75) is 13.0 Å². The van der Waals surface area contributed by atoms with E-state index in [4.69, 9.17) is 0 Å². The molecule has 0 atom stereocenters. The molecule has 1 aliphatic rings. The second-order valence-corrected chi connectivity index (χ2v) is 5.04. The van der Waals surface area contributed by atoms with Gasteiger partial charge in [0.05, 0.1) is 17.4 Å². The molecule has 1 aromatic carbocycles. The van der Waals surface area contributed by atoms with E-state index in [9.17, 15) is 4.79 Å². The Morgan fingerprint density at radius 3 is 2.86 bits per heavy atom. The lowest BCUT2D eigenvalue weighted by Crippen LogP contribution is -2.21. The van der Waals surface area contributed by atoms with Crippen LogP contribution in [0, 0.1) is 0 Å². The predicted octanol–water partition coefficient (Wildman–Crippen LogP) is 2.12. The lowest BCUT2D eigenvalue weighted by molar-refractivity contribution is 0.826. The highest BCUT2D eigenvalue weighted by atomic mass is 16.1. The monoisotopic (exact) mass is 276 g/mol. The summed E-state index contributed by atoms with van der Waals surface area (Å²) in [5.74, 6) is 0.490. The third-order valence-corrected chi connectivity index (χ3v) is 3.59. The van der Waals surface area contributed by atoms with Gasteiger partial charge in [-0.25, -0.2) is 9.98 Å². The Labute approximate surface area is 120 Å². The smallest absolute Gasteiger partial charge is 0.264 e. The number of fused-ring (bicyclic) bond motifs is 2. The Bertz CT molecular complexity index is 912. The number of rotatable bonds is 2. The van der Waals surface area contributed by atoms with E-state index in [1.165, 1.54) is 5.56 Å². The summed E-state index contributed by atoms with van der Waals surface area (Å²) in [5, 5.41) is 0.539. The van der Waals surface area contributed by atoms with Crippen LogP contribution in [0.1, 0.15) is 5.56 Å². The number of hydrogen-bond donors (Lipinski definition) is 0. The van der Waals surface area contributed by atoms with E-state index < -0.39 is 0 Å². The van der Waals surface area contributed by atoms with Gasteiger partial charge in [-0.2, -0.15) is 0 Å². The first-order valence-corrected chi connectivity index (χ1v) is 6.76. The van der Waals surface area contributed by atoms with E-state index in [0.29, 0.717) is 23.4 Å². The van der Waals surface area contributed by atoms with Gasteiger partial charge in [0.25, 0.3) is 5.56 Å². The Balaban J connectivity index is 1.75. The van der Waals surface area contributed by atoms with Crippen LogP contribution in [0.15, 0.2) is 58.6 Å². The number of aliphatic imine (C=N–C) groups is 1. The van der Waals surface area contributed by atoms with Crippen molar-refractivity contribution < 1.29 is 0 Å². The van der Waals surface area contributed by atoms with Crippen molar-refractivity contribution in [1.82, 2.24) is 14.5 Å². The van der Waals surface area contributed by atoms with Gasteiger partial charge >= 0.3 is 0 Å². The van der Waals surface area contributed by atoms with Crippen molar-refractivity contribution in [2.24, 2.45) is 4.99 Å². The molecule has 0 saturated heterocycles. The standard InChI is InChI=1S/C16H12N4O/c21-15-13-9-17-7-6-14(13)19-16-18-12(10-20(15)16)8-11-4-2-1-3-5-11/h1-7,9H,8,10H2. The molecule has 21 heavy (non-hydrogen) atoms. The van der Waals surface area contributed by atoms with Gasteiger partial charge in [-0.05, 0) is 11.6 Å². The molecule has 102 valence electrons. The molecule has 0 radical (unpaired) electrons. The average molecular weight is 276 g/mol. The zero-order valence-corrected chi connectivity index (χ0v) is 11.2. The summed E-state index contributed by atoms with van der Waals surface area (Å²) >= 11 is 0. The molecule has 0 spiro atoms. The fourth-order valence-corrected chi connectivity index (χ4v) is 2.57. The van der Waals surface area contributed by atoms with Crippen molar-refractivity contribution in [3.8, 4) is 0 Å². The van der Waals surface area contributed by atoms with Crippen LogP contribution in [0.2, 0.25) is 0 Å². The molecular weight excluding hydrogens is 264 g/mol. The largest absolute Gasteiger partial charge is 0.271 e. The van der Waals surface area contributed by atoms with Crippen LogP contribution in [0.4, 0.5) is 5.95 Å². The Hall–Kier alpha value is -2.82. The molecule has 3 heterocycles. The van der Waals surface area contributed by atoms with Gasteiger partial charge in [0, 0.05) is 24.5 Å². The van der Waals surface area contributed by atoms with Gasteiger partial charge in [-0.1, -0.05) is 30.3 Å². The normalized spacial score (nSPS) is 13.2. The van der Waals surface area contributed by atoms with E-state index in [1.54, 1.807) is 23.0 Å². The van der Waals surface area contributed by atoms with Gasteiger partial charge in [0.2, 0.25) is 5.95 Å². The van der Waals surface area contributed by atoms with E-state index in [-0.39, 0.29) is 5.56 Å². The zero-order chi connectivity index (χ0) is 14.2. The first kappa shape index (κ1) is 12.0. The SMILES string of the molecule is O=c1c2cnccc2nc2n1CC(Cc1ccccc1)=N2. The molecule has 1 aliphatic heterocycles. The molecule has 0 bridgehead atoms. The van der Waals surface area contributed by atoms with Gasteiger partial charge < -0.3 is 0 Å². The topological polar surface area (TPSA) is 60.1 Å². The average Bonchev–Trinajstić information content (AvgIpc) is 2.91. The van der Waals surface area contributed by atoms with E-state index >= 15 is 0 Å². The van der Waals surface area contributed by atoms with E-state index in [1.807, 2.05) is 18.2 Å². The fourth-order valence-electron chi connectivity index (χ4n) is 2.57. The van der Waals surface area contributed by atoms with Crippen LogP contribution >= 0.6 is 0 Å². The third-order valence-electron chi connectivity index (χ3n) is 3.59. The number of benzene rings is 1. The minimum Gasteiger partial charge on any atom is -0.271 e. The van der Waals surface area contributed by atoms with Crippen LogP contribution in [0.3, 0.4) is 0 Å². The Kier molecular flexibility index (Phi) is 2.64. The quantitative estimate of drug-likeness (QED) is 0.720. The summed E-state index contributed by atoms with van der Waals surface area (Å²) < 4.78 is 1.61. The lowest BCUT2D eigenvalue weighted by atomic mass is 10.1. The molecule has 0 fully saturated rings. The van der Waals surface area contributed by atoms with Crippen molar-refractivity contribution in [3.63, 3.8) is 0 Å². The van der Waals surface area contributed by atoms with Crippen LogP contribution in [0.25, 0.3) is 10.9 Å². The molecule has 0 amide bonds. The van der Waals surface area contributed by atoms with Crippen LogP contribution in [-0.4, -0.2) is 20.2 Å². The maximum absolute atomic E-state index is 12.4. The van der Waals surface area contributed by atoms with Crippen LogP contribution in [0.5, 0.6) is 0 Å². The number of aromatic nitrogens is 3. The van der Waals surface area contributed by atoms with Crippen molar-refractivity contribution in [2.75, 3.05) is 0 Å². The predicted molar refractivity (Wildman–Crippen MR) is 81.0 cm³/mol. The number of hydrogen-bond acceptors (Lipinski definition) is 4. The minimum atomic E-state index is -0.0742. The molecule has 5 nitrogen and oxygen atoms in total. The maximum atomic E-state index is 12.4. The summed E-state index contributed by atoms with van der Waals surface area (Å²) in [6.07, 6.45) is 3.93. The van der Waals surface area contributed by atoms with Crippen LogP contribution < -0.4 is 5.56 Å². The van der Waals surface area contributed by atoms with Gasteiger partial charge in [-0.15, -0.1) is 0 Å². The molecular formula is C16H12N4O. The second-order valence-electron chi connectivity index (χ2n) is 5.04. The molecule has 4 rings (SSSR count). The highest BCUT2D eigenvalue weighted by Crippen LogP contribution is 2.19. The highest BCUT2D eigenvalue weighted by molar-refractivity contribution is 5.91. The summed E-state index contributed by atoms with van der Waals surface area (Å²) in [6, 6.07) is 11.8. The molecule has 0 saturated carbocycles. The zero-order valence-electron chi connectivity index (χ0n) is 11.2. The van der Waals surface area contributed by atoms with Gasteiger partial charge in [0.1, 0.15) is 0 Å². The summed E-state index contributed by atoms with van der Waals surface area (Å²) in [6.45, 7) is 0.501. The molecule has 5 heteroatoms. The molecule has 0 N–H and O–H groups in total. The third kappa shape index (κ3) is 2.03. The molecule has 0 aliphatic carbocycles. The summed E-state index contributed by atoms with van der Waals surface area (Å²) in [5.41, 5.74) is 2.71. The van der Waals surface area contributed by atoms with Crippen molar-refractivity contribution >= 4 is 22.6 Å². The Morgan fingerprint density at radius 2 is 2.00 bits per heavy atom. The maximum Gasteiger partial charge on any atom is 0.264 e. The van der Waals surface area contributed by atoms with E-state index in [0.717, 1.165) is 12.1 Å². The van der Waals surface area contributed by atoms with E-state index in [2.05, 4.69) is 27.1 Å².